The molecule has 0 N–H and O–H groups in total. The molecule has 8 rings (SSSR count). The average Bonchev–Trinajstić information content (AvgIpc) is 3.08. The van der Waals surface area contributed by atoms with Crippen LogP contribution < -0.4 is 0 Å². The molecule has 0 amide bonds. The molecule has 0 aliphatic rings. The first kappa shape index (κ1) is 24.2. The van der Waals surface area contributed by atoms with Crippen molar-refractivity contribution in [2.45, 2.75) is 0 Å². The zero-order chi connectivity index (χ0) is 27.9. The number of nitrogens with zero attached hydrogens (tertiary/aromatic N) is 3. The second kappa shape index (κ2) is 10.1. The van der Waals surface area contributed by atoms with Gasteiger partial charge in [-0.15, -0.1) is 0 Å². The summed E-state index contributed by atoms with van der Waals surface area (Å²) in [4.78, 5) is 14.7. The zero-order valence-corrected chi connectivity index (χ0v) is 22.8. The third-order valence-corrected chi connectivity index (χ3v) is 7.90. The lowest BCUT2D eigenvalue weighted by Gasteiger charge is -2.11. The van der Waals surface area contributed by atoms with E-state index in [9.17, 15) is 0 Å². The second-order valence-electron chi connectivity index (χ2n) is 10.5. The quantitative estimate of drug-likeness (QED) is 0.211. The number of benzene rings is 7. The van der Waals surface area contributed by atoms with Gasteiger partial charge in [0.2, 0.25) is 0 Å². The van der Waals surface area contributed by atoms with Gasteiger partial charge in [-0.1, -0.05) is 140 Å². The molecule has 3 nitrogen and oxygen atoms in total. The molecule has 42 heavy (non-hydrogen) atoms. The highest BCUT2D eigenvalue weighted by molar-refractivity contribution is 6.17. The van der Waals surface area contributed by atoms with Crippen molar-refractivity contribution >= 4 is 32.3 Å². The summed E-state index contributed by atoms with van der Waals surface area (Å²) >= 11 is 0. The highest BCUT2D eigenvalue weighted by Gasteiger charge is 2.13. The number of aromatic nitrogens is 3. The Morgan fingerprint density at radius 1 is 0.262 bits per heavy atom. The lowest BCUT2D eigenvalue weighted by Crippen LogP contribution is -2.00. The van der Waals surface area contributed by atoms with Gasteiger partial charge in [-0.2, -0.15) is 0 Å². The zero-order valence-electron chi connectivity index (χ0n) is 22.8. The van der Waals surface area contributed by atoms with Gasteiger partial charge in [-0.05, 0) is 55.6 Å². The van der Waals surface area contributed by atoms with E-state index < -0.39 is 0 Å². The maximum absolute atomic E-state index is 4.92. The Morgan fingerprint density at radius 2 is 0.738 bits per heavy atom. The van der Waals surface area contributed by atoms with E-state index in [0.717, 1.165) is 27.8 Å². The highest BCUT2D eigenvalue weighted by atomic mass is 15.0. The summed E-state index contributed by atoms with van der Waals surface area (Å²) in [6.07, 6.45) is 0. The Labute approximate surface area is 243 Å². The molecular weight excluding hydrogens is 510 g/mol. The summed E-state index contributed by atoms with van der Waals surface area (Å²) in [6.45, 7) is 0. The third-order valence-electron chi connectivity index (χ3n) is 7.90. The molecule has 3 heteroatoms. The molecule has 0 aliphatic heterocycles. The molecule has 0 atom stereocenters. The van der Waals surface area contributed by atoms with Gasteiger partial charge in [0.1, 0.15) is 0 Å². The van der Waals surface area contributed by atoms with Crippen LogP contribution in [0.2, 0.25) is 0 Å². The van der Waals surface area contributed by atoms with Crippen molar-refractivity contribution in [3.63, 3.8) is 0 Å². The Morgan fingerprint density at radius 3 is 1.43 bits per heavy atom. The Bertz CT molecular complexity index is 2180. The first-order chi connectivity index (χ1) is 20.8. The molecule has 1 heterocycles. The first-order valence-electron chi connectivity index (χ1n) is 14.1. The summed E-state index contributed by atoms with van der Waals surface area (Å²) in [7, 11) is 0. The van der Waals surface area contributed by atoms with Crippen LogP contribution in [0.4, 0.5) is 0 Å². The van der Waals surface area contributed by atoms with Crippen LogP contribution in [0.5, 0.6) is 0 Å². The van der Waals surface area contributed by atoms with Crippen LogP contribution in [-0.4, -0.2) is 15.0 Å². The van der Waals surface area contributed by atoms with Gasteiger partial charge in [0.15, 0.2) is 17.5 Å². The predicted octanol–water partition coefficient (Wildman–Crippen LogP) is 10.00. The van der Waals surface area contributed by atoms with Crippen molar-refractivity contribution in [3.8, 4) is 45.3 Å². The van der Waals surface area contributed by atoms with E-state index >= 15 is 0 Å². The number of fused-ring (bicyclic) bond motifs is 5. The molecule has 0 spiro atoms. The summed E-state index contributed by atoms with van der Waals surface area (Å²) in [6, 6.07) is 52.9. The van der Waals surface area contributed by atoms with E-state index in [1.807, 2.05) is 60.7 Å². The average molecular weight is 536 g/mol. The molecule has 0 unspecified atom stereocenters. The second-order valence-corrected chi connectivity index (χ2v) is 10.5. The van der Waals surface area contributed by atoms with E-state index in [-0.39, 0.29) is 0 Å². The minimum atomic E-state index is 0.656. The maximum atomic E-state index is 4.92. The van der Waals surface area contributed by atoms with E-state index in [1.165, 1.54) is 32.3 Å². The van der Waals surface area contributed by atoms with E-state index in [1.54, 1.807) is 0 Å². The van der Waals surface area contributed by atoms with Crippen LogP contribution in [0.15, 0.2) is 152 Å². The van der Waals surface area contributed by atoms with Crippen molar-refractivity contribution < 1.29 is 0 Å². The highest BCUT2D eigenvalue weighted by Crippen LogP contribution is 2.34. The van der Waals surface area contributed by atoms with Gasteiger partial charge < -0.3 is 0 Å². The smallest absolute Gasteiger partial charge is 0.164 e. The summed E-state index contributed by atoms with van der Waals surface area (Å²) < 4.78 is 0. The van der Waals surface area contributed by atoms with E-state index in [4.69, 9.17) is 15.0 Å². The van der Waals surface area contributed by atoms with Crippen molar-refractivity contribution in [1.82, 2.24) is 15.0 Å². The monoisotopic (exact) mass is 535 g/mol. The molecule has 0 radical (unpaired) electrons. The third kappa shape index (κ3) is 4.29. The van der Waals surface area contributed by atoms with Crippen LogP contribution in [0.1, 0.15) is 0 Å². The number of rotatable bonds is 4. The fourth-order valence-corrected chi connectivity index (χ4v) is 5.78. The van der Waals surface area contributed by atoms with E-state index in [2.05, 4.69) is 91.0 Å². The lowest BCUT2D eigenvalue weighted by atomic mass is 9.94. The molecule has 0 saturated carbocycles. The largest absolute Gasteiger partial charge is 0.208 e. The molecule has 196 valence electrons. The van der Waals surface area contributed by atoms with Crippen LogP contribution in [0, 0.1) is 0 Å². The fraction of sp³-hybridized carbons (Fsp3) is 0. The molecule has 8 aromatic rings. The molecular formula is C39H25N3. The molecule has 1 aromatic heterocycles. The Hall–Kier alpha value is -5.67. The van der Waals surface area contributed by atoms with Crippen LogP contribution >= 0.6 is 0 Å². The topological polar surface area (TPSA) is 38.7 Å². The van der Waals surface area contributed by atoms with Crippen LogP contribution in [-0.2, 0) is 0 Å². The van der Waals surface area contributed by atoms with Crippen molar-refractivity contribution in [2.24, 2.45) is 0 Å². The fourth-order valence-electron chi connectivity index (χ4n) is 5.78. The minimum Gasteiger partial charge on any atom is -0.208 e. The van der Waals surface area contributed by atoms with Crippen molar-refractivity contribution in [1.29, 1.82) is 0 Å². The molecule has 7 aromatic carbocycles. The normalized spacial score (nSPS) is 11.3. The van der Waals surface area contributed by atoms with Gasteiger partial charge >= 0.3 is 0 Å². The molecule has 0 bridgehead atoms. The standard InChI is InChI=1S/C39H25N3/c1-3-11-27(12-4-1)37-40-38(28-13-5-2-6-14-28)42-39(41-37)32-16-9-15-29(25-32)30-19-21-34-31(24-30)20-23-35-33-17-8-7-10-26(33)18-22-36(34)35/h1-25H. The van der Waals surface area contributed by atoms with Crippen molar-refractivity contribution in [2.75, 3.05) is 0 Å². The predicted molar refractivity (Wildman–Crippen MR) is 174 cm³/mol. The van der Waals surface area contributed by atoms with Gasteiger partial charge in [-0.3, -0.25) is 0 Å². The first-order valence-corrected chi connectivity index (χ1v) is 14.1. The van der Waals surface area contributed by atoms with Gasteiger partial charge in [0.25, 0.3) is 0 Å². The Kier molecular flexibility index (Phi) is 5.79. The minimum absolute atomic E-state index is 0.656. The molecule has 0 fully saturated rings. The summed E-state index contributed by atoms with van der Waals surface area (Å²) in [5.41, 5.74) is 5.16. The van der Waals surface area contributed by atoms with Gasteiger partial charge in [-0.25, -0.2) is 15.0 Å². The summed E-state index contributed by atoms with van der Waals surface area (Å²) in [5.74, 6) is 1.98. The van der Waals surface area contributed by atoms with E-state index in [0.29, 0.717) is 17.5 Å². The SMILES string of the molecule is c1ccc(-c2nc(-c3ccccc3)nc(-c3cccc(-c4ccc5c(ccc6c7ccccc7ccc56)c4)c3)n2)cc1. The van der Waals surface area contributed by atoms with Gasteiger partial charge in [0.05, 0.1) is 0 Å². The lowest BCUT2D eigenvalue weighted by molar-refractivity contribution is 1.07. The molecule has 0 saturated heterocycles. The van der Waals surface area contributed by atoms with Gasteiger partial charge in [0, 0.05) is 16.7 Å². The molecule has 0 aliphatic carbocycles. The van der Waals surface area contributed by atoms with Crippen LogP contribution in [0.3, 0.4) is 0 Å². The summed E-state index contributed by atoms with van der Waals surface area (Å²) in [5, 5.41) is 7.60. The number of hydrogen-bond donors (Lipinski definition) is 0. The van der Waals surface area contributed by atoms with Crippen molar-refractivity contribution in [3.05, 3.63) is 152 Å². The maximum Gasteiger partial charge on any atom is 0.164 e. The van der Waals surface area contributed by atoms with Crippen LogP contribution in [0.25, 0.3) is 77.6 Å². The Balaban J connectivity index is 1.24. The number of hydrogen-bond acceptors (Lipinski definition) is 3.